The zero-order valence-electron chi connectivity index (χ0n) is 8.42. The Balaban J connectivity index is 1.94. The third-order valence-corrected chi connectivity index (χ3v) is 2.29. The van der Waals surface area contributed by atoms with Crippen LogP contribution < -0.4 is 4.74 Å². The molecule has 1 aromatic carbocycles. The van der Waals surface area contributed by atoms with Crippen LogP contribution in [0.3, 0.4) is 0 Å². The number of H-pyrrole nitrogens is 1. The highest BCUT2D eigenvalue weighted by Crippen LogP contribution is 2.23. The topological polar surface area (TPSA) is 50.8 Å². The van der Waals surface area contributed by atoms with Crippen molar-refractivity contribution in [2.45, 2.75) is 0 Å². The Kier molecular flexibility index (Phi) is 2.04. The Morgan fingerprint density at radius 1 is 1.12 bits per heavy atom. The molecule has 4 nitrogen and oxygen atoms in total. The smallest absolute Gasteiger partial charge is 0.237 e. The lowest BCUT2D eigenvalue weighted by Gasteiger charge is -2.03. The summed E-state index contributed by atoms with van der Waals surface area (Å²) in [5.74, 6) is 1.24. The summed E-state index contributed by atoms with van der Waals surface area (Å²) in [5, 5.41) is 1.16. The molecule has 0 bridgehead atoms. The first-order valence-corrected chi connectivity index (χ1v) is 4.93. The second-order valence-corrected chi connectivity index (χ2v) is 3.37. The van der Waals surface area contributed by atoms with E-state index in [-0.39, 0.29) is 0 Å². The maximum absolute atomic E-state index is 5.56. The molecule has 0 saturated carbocycles. The first kappa shape index (κ1) is 8.91. The minimum atomic E-state index is 0.494. The summed E-state index contributed by atoms with van der Waals surface area (Å²) in [7, 11) is 0. The van der Waals surface area contributed by atoms with Crippen LogP contribution >= 0.6 is 0 Å². The molecular weight excluding hydrogens is 202 g/mol. The summed E-state index contributed by atoms with van der Waals surface area (Å²) in [6.45, 7) is 0. The molecule has 0 unspecified atom stereocenters. The molecule has 3 aromatic rings. The molecule has 0 aliphatic heterocycles. The number of benzene rings is 1. The van der Waals surface area contributed by atoms with Crippen LogP contribution in [0.25, 0.3) is 10.9 Å². The van der Waals surface area contributed by atoms with Gasteiger partial charge in [0.1, 0.15) is 5.75 Å². The van der Waals surface area contributed by atoms with Gasteiger partial charge in [-0.2, -0.15) is 0 Å². The van der Waals surface area contributed by atoms with Crippen molar-refractivity contribution >= 4 is 10.9 Å². The van der Waals surface area contributed by atoms with E-state index in [1.807, 2.05) is 30.5 Å². The van der Waals surface area contributed by atoms with Crippen molar-refractivity contribution < 1.29 is 4.74 Å². The zero-order valence-corrected chi connectivity index (χ0v) is 8.42. The number of fused-ring (bicyclic) bond motifs is 1. The molecule has 2 heterocycles. The van der Waals surface area contributed by atoms with E-state index in [2.05, 4.69) is 15.0 Å². The molecule has 0 amide bonds. The molecule has 0 spiro atoms. The molecule has 2 aromatic heterocycles. The van der Waals surface area contributed by atoms with E-state index in [1.54, 1.807) is 18.6 Å². The van der Waals surface area contributed by atoms with Crippen molar-refractivity contribution in [3.05, 3.63) is 49.1 Å². The molecule has 0 aliphatic carbocycles. The van der Waals surface area contributed by atoms with Gasteiger partial charge in [0.25, 0.3) is 0 Å². The molecule has 0 fully saturated rings. The maximum Gasteiger partial charge on any atom is 0.237 e. The predicted octanol–water partition coefficient (Wildman–Crippen LogP) is 2.75. The van der Waals surface area contributed by atoms with Crippen LogP contribution in [-0.4, -0.2) is 15.0 Å². The van der Waals surface area contributed by atoms with Crippen LogP contribution in [0.2, 0.25) is 0 Å². The average molecular weight is 211 g/mol. The Bertz CT molecular complexity index is 604. The first-order valence-electron chi connectivity index (χ1n) is 4.93. The minimum Gasteiger partial charge on any atom is -0.437 e. The van der Waals surface area contributed by atoms with Gasteiger partial charge in [0, 0.05) is 30.2 Å². The fourth-order valence-corrected chi connectivity index (χ4v) is 1.55. The number of nitrogens with zero attached hydrogens (tertiary/aromatic N) is 2. The van der Waals surface area contributed by atoms with Crippen LogP contribution in [0.1, 0.15) is 0 Å². The van der Waals surface area contributed by atoms with Crippen LogP contribution in [0.15, 0.2) is 49.1 Å². The van der Waals surface area contributed by atoms with E-state index in [0.717, 1.165) is 16.7 Å². The molecular formula is C12H9N3O. The summed E-state index contributed by atoms with van der Waals surface area (Å²) >= 11 is 0. The first-order chi connectivity index (χ1) is 7.92. The van der Waals surface area contributed by atoms with Gasteiger partial charge in [-0.15, -0.1) is 0 Å². The van der Waals surface area contributed by atoms with Crippen LogP contribution in [0.4, 0.5) is 0 Å². The Morgan fingerprint density at radius 3 is 3.00 bits per heavy atom. The molecule has 4 heteroatoms. The van der Waals surface area contributed by atoms with Crippen LogP contribution in [0, 0.1) is 0 Å². The molecule has 3 rings (SSSR count). The van der Waals surface area contributed by atoms with E-state index in [9.17, 15) is 0 Å². The number of ether oxygens (including phenoxy) is 1. The third kappa shape index (κ3) is 1.61. The highest BCUT2D eigenvalue weighted by Gasteiger charge is 2.00. The monoisotopic (exact) mass is 211 g/mol. The predicted molar refractivity (Wildman–Crippen MR) is 60.4 cm³/mol. The normalized spacial score (nSPS) is 10.5. The van der Waals surface area contributed by atoms with E-state index in [1.165, 1.54) is 0 Å². The van der Waals surface area contributed by atoms with Gasteiger partial charge in [-0.1, -0.05) is 0 Å². The van der Waals surface area contributed by atoms with Crippen molar-refractivity contribution in [3.8, 4) is 11.6 Å². The van der Waals surface area contributed by atoms with E-state index >= 15 is 0 Å². The molecule has 0 saturated heterocycles. The Labute approximate surface area is 91.9 Å². The average Bonchev–Trinajstić information content (AvgIpc) is 2.77. The fourth-order valence-electron chi connectivity index (χ4n) is 1.55. The molecule has 78 valence electrons. The lowest BCUT2D eigenvalue weighted by Crippen LogP contribution is -1.87. The largest absolute Gasteiger partial charge is 0.437 e. The second-order valence-electron chi connectivity index (χ2n) is 3.37. The zero-order chi connectivity index (χ0) is 10.8. The van der Waals surface area contributed by atoms with Crippen molar-refractivity contribution in [3.63, 3.8) is 0 Å². The van der Waals surface area contributed by atoms with E-state index < -0.39 is 0 Å². The van der Waals surface area contributed by atoms with E-state index in [0.29, 0.717) is 5.88 Å². The van der Waals surface area contributed by atoms with Crippen molar-refractivity contribution in [2.24, 2.45) is 0 Å². The summed E-state index contributed by atoms with van der Waals surface area (Å²) in [6.07, 6.45) is 6.69. The lowest BCUT2D eigenvalue weighted by molar-refractivity contribution is 0.461. The van der Waals surface area contributed by atoms with Gasteiger partial charge < -0.3 is 9.72 Å². The molecule has 0 radical (unpaired) electrons. The number of hydrogen-bond acceptors (Lipinski definition) is 3. The highest BCUT2D eigenvalue weighted by atomic mass is 16.5. The van der Waals surface area contributed by atoms with Crippen LogP contribution in [0.5, 0.6) is 11.6 Å². The van der Waals surface area contributed by atoms with E-state index in [4.69, 9.17) is 4.74 Å². The molecule has 0 aliphatic rings. The molecule has 1 N–H and O–H groups in total. The summed E-state index contributed by atoms with van der Waals surface area (Å²) < 4.78 is 5.56. The number of aromatic nitrogens is 3. The minimum absolute atomic E-state index is 0.494. The van der Waals surface area contributed by atoms with Gasteiger partial charge >= 0.3 is 0 Å². The van der Waals surface area contributed by atoms with Crippen LogP contribution in [-0.2, 0) is 0 Å². The maximum atomic E-state index is 5.56. The third-order valence-electron chi connectivity index (χ3n) is 2.29. The van der Waals surface area contributed by atoms with Gasteiger partial charge in [0.15, 0.2) is 0 Å². The highest BCUT2D eigenvalue weighted by molar-refractivity contribution is 5.80. The van der Waals surface area contributed by atoms with Gasteiger partial charge in [-0.05, 0) is 23.6 Å². The summed E-state index contributed by atoms with van der Waals surface area (Å²) in [6, 6.07) is 7.85. The number of hydrogen-bond donors (Lipinski definition) is 1. The molecule has 0 atom stereocenters. The summed E-state index contributed by atoms with van der Waals surface area (Å²) in [4.78, 5) is 11.1. The van der Waals surface area contributed by atoms with Gasteiger partial charge in [-0.3, -0.25) is 4.98 Å². The second kappa shape index (κ2) is 3.66. The Morgan fingerprint density at radius 2 is 2.12 bits per heavy atom. The van der Waals surface area contributed by atoms with Gasteiger partial charge in [-0.25, -0.2) is 4.98 Å². The van der Waals surface area contributed by atoms with Gasteiger partial charge in [0.05, 0.1) is 6.20 Å². The number of rotatable bonds is 2. The molecule has 16 heavy (non-hydrogen) atoms. The quantitative estimate of drug-likeness (QED) is 0.709. The summed E-state index contributed by atoms with van der Waals surface area (Å²) in [5.41, 5.74) is 1.04. The SMILES string of the molecule is c1cnc(Oc2ccc3cc[nH]c3c2)cn1. The standard InChI is InChI=1S/C12H9N3O/c1-2-10(7-11-9(1)3-4-14-11)16-12-8-13-5-6-15-12/h1-8,14H. The Hall–Kier alpha value is -2.36. The van der Waals surface area contributed by atoms with Crippen molar-refractivity contribution in [2.75, 3.05) is 0 Å². The lowest BCUT2D eigenvalue weighted by atomic mass is 10.2. The fraction of sp³-hybridized carbons (Fsp3) is 0. The van der Waals surface area contributed by atoms with Crippen molar-refractivity contribution in [1.82, 2.24) is 15.0 Å². The number of aromatic amines is 1. The number of nitrogens with one attached hydrogen (secondary N) is 1. The van der Waals surface area contributed by atoms with Gasteiger partial charge in [0.2, 0.25) is 5.88 Å². The van der Waals surface area contributed by atoms with Crippen molar-refractivity contribution in [1.29, 1.82) is 0 Å².